The van der Waals surface area contributed by atoms with Gasteiger partial charge < -0.3 is 25.0 Å². The Morgan fingerprint density at radius 3 is 2.79 bits per heavy atom. The molecule has 0 saturated carbocycles. The van der Waals surface area contributed by atoms with Crippen molar-refractivity contribution in [3.63, 3.8) is 0 Å². The molecule has 4 rings (SSSR count). The Labute approximate surface area is 170 Å². The standard InChI is InChI=1S/C21H27N5O3/c1-3-22-21(27)23-16-6-4-15(5-7-16)19-24-18-8-10-28-13-17(18)20(25-19)26-9-11-29-12-14(26)2/h4-7,14H,3,8-13H2,1-2H3,(H2,22,23,27). The van der Waals surface area contributed by atoms with E-state index in [1.54, 1.807) is 0 Å². The van der Waals surface area contributed by atoms with Crippen LogP contribution in [0.25, 0.3) is 11.4 Å². The maximum atomic E-state index is 11.7. The highest BCUT2D eigenvalue weighted by molar-refractivity contribution is 5.89. The predicted octanol–water partition coefficient (Wildman–Crippen LogP) is 2.58. The van der Waals surface area contributed by atoms with Crippen LogP contribution in [0.5, 0.6) is 0 Å². The molecule has 8 nitrogen and oxygen atoms in total. The van der Waals surface area contributed by atoms with Crippen LogP contribution in [-0.4, -0.2) is 55.0 Å². The summed E-state index contributed by atoms with van der Waals surface area (Å²) in [4.78, 5) is 23.8. The minimum atomic E-state index is -0.214. The number of carbonyl (C=O) groups excluding carboxylic acids is 1. The van der Waals surface area contributed by atoms with E-state index in [2.05, 4.69) is 22.5 Å². The fraction of sp³-hybridized carbons (Fsp3) is 0.476. The van der Waals surface area contributed by atoms with Gasteiger partial charge in [-0.25, -0.2) is 14.8 Å². The fourth-order valence-electron chi connectivity index (χ4n) is 3.66. The molecule has 1 saturated heterocycles. The summed E-state index contributed by atoms with van der Waals surface area (Å²) in [5.74, 6) is 1.65. The number of anilines is 2. The van der Waals surface area contributed by atoms with Crippen molar-refractivity contribution in [2.75, 3.05) is 43.1 Å². The zero-order valence-corrected chi connectivity index (χ0v) is 16.9. The third kappa shape index (κ3) is 4.33. The third-order valence-electron chi connectivity index (χ3n) is 5.18. The van der Waals surface area contributed by atoms with Crippen molar-refractivity contribution < 1.29 is 14.3 Å². The van der Waals surface area contributed by atoms with Crippen molar-refractivity contribution in [3.8, 4) is 11.4 Å². The summed E-state index contributed by atoms with van der Waals surface area (Å²) in [5.41, 5.74) is 3.79. The lowest BCUT2D eigenvalue weighted by Crippen LogP contribution is -2.45. The number of nitrogens with zero attached hydrogens (tertiary/aromatic N) is 3. The second kappa shape index (κ2) is 8.75. The third-order valence-corrected chi connectivity index (χ3v) is 5.18. The van der Waals surface area contributed by atoms with E-state index in [1.807, 2.05) is 31.2 Å². The molecule has 2 amide bonds. The Balaban J connectivity index is 1.65. The molecule has 154 valence electrons. The highest BCUT2D eigenvalue weighted by atomic mass is 16.5. The van der Waals surface area contributed by atoms with Gasteiger partial charge >= 0.3 is 6.03 Å². The number of aromatic nitrogens is 2. The maximum Gasteiger partial charge on any atom is 0.319 e. The van der Waals surface area contributed by atoms with Gasteiger partial charge in [0.25, 0.3) is 0 Å². The largest absolute Gasteiger partial charge is 0.377 e. The summed E-state index contributed by atoms with van der Waals surface area (Å²) < 4.78 is 11.3. The van der Waals surface area contributed by atoms with E-state index in [4.69, 9.17) is 19.4 Å². The molecule has 1 aromatic heterocycles. The normalized spacial score (nSPS) is 18.8. The van der Waals surface area contributed by atoms with Crippen molar-refractivity contribution in [3.05, 3.63) is 35.5 Å². The lowest BCUT2D eigenvalue weighted by Gasteiger charge is -2.36. The molecular weight excluding hydrogens is 370 g/mol. The molecular formula is C21H27N5O3. The molecule has 1 atom stereocenters. The molecule has 29 heavy (non-hydrogen) atoms. The quantitative estimate of drug-likeness (QED) is 0.824. The molecule has 2 aliphatic rings. The Bertz CT molecular complexity index is 871. The first kappa shape index (κ1) is 19.6. The first-order valence-corrected chi connectivity index (χ1v) is 10.1. The first-order chi connectivity index (χ1) is 14.2. The van der Waals surface area contributed by atoms with Gasteiger partial charge in [-0.05, 0) is 38.1 Å². The number of nitrogens with one attached hydrogen (secondary N) is 2. The lowest BCUT2D eigenvalue weighted by molar-refractivity contribution is 0.0952. The Hall–Kier alpha value is -2.71. The van der Waals surface area contributed by atoms with Crippen LogP contribution in [0.3, 0.4) is 0 Å². The van der Waals surface area contributed by atoms with Crippen molar-refractivity contribution in [2.24, 2.45) is 0 Å². The number of benzene rings is 1. The van der Waals surface area contributed by atoms with Crippen LogP contribution in [0.1, 0.15) is 25.1 Å². The van der Waals surface area contributed by atoms with Crippen LogP contribution in [0, 0.1) is 0 Å². The molecule has 1 unspecified atom stereocenters. The van der Waals surface area contributed by atoms with Crippen molar-refractivity contribution in [1.82, 2.24) is 15.3 Å². The first-order valence-electron chi connectivity index (χ1n) is 10.1. The summed E-state index contributed by atoms with van der Waals surface area (Å²) in [6.45, 7) is 8.03. The highest BCUT2D eigenvalue weighted by Gasteiger charge is 2.27. The molecule has 0 aliphatic carbocycles. The number of rotatable bonds is 4. The topological polar surface area (TPSA) is 88.6 Å². The number of amides is 2. The number of carbonyl (C=O) groups is 1. The fourth-order valence-corrected chi connectivity index (χ4v) is 3.66. The number of hydrogen-bond acceptors (Lipinski definition) is 6. The zero-order valence-electron chi connectivity index (χ0n) is 16.9. The Morgan fingerprint density at radius 1 is 1.21 bits per heavy atom. The van der Waals surface area contributed by atoms with Crippen molar-refractivity contribution in [1.29, 1.82) is 0 Å². The number of morpholine rings is 1. The van der Waals surface area contributed by atoms with Crippen LogP contribution >= 0.6 is 0 Å². The minimum absolute atomic E-state index is 0.214. The second-order valence-electron chi connectivity index (χ2n) is 7.28. The van der Waals surface area contributed by atoms with Gasteiger partial charge in [0.05, 0.1) is 38.2 Å². The lowest BCUT2D eigenvalue weighted by atomic mass is 10.1. The van der Waals surface area contributed by atoms with Gasteiger partial charge in [-0.2, -0.15) is 0 Å². The van der Waals surface area contributed by atoms with Crippen molar-refractivity contribution in [2.45, 2.75) is 32.9 Å². The Morgan fingerprint density at radius 2 is 2.03 bits per heavy atom. The van der Waals surface area contributed by atoms with E-state index in [-0.39, 0.29) is 12.1 Å². The zero-order chi connectivity index (χ0) is 20.2. The number of urea groups is 1. The molecule has 0 bridgehead atoms. The number of ether oxygens (including phenoxy) is 2. The molecule has 0 spiro atoms. The van der Waals surface area contributed by atoms with E-state index in [9.17, 15) is 4.79 Å². The van der Waals surface area contributed by atoms with Crippen LogP contribution in [0.2, 0.25) is 0 Å². The van der Waals surface area contributed by atoms with Crippen LogP contribution in [0.4, 0.5) is 16.3 Å². The summed E-state index contributed by atoms with van der Waals surface area (Å²) in [5, 5.41) is 5.53. The molecule has 2 N–H and O–H groups in total. The second-order valence-corrected chi connectivity index (χ2v) is 7.28. The summed E-state index contributed by atoms with van der Waals surface area (Å²) in [6.07, 6.45) is 0.785. The highest BCUT2D eigenvalue weighted by Crippen LogP contribution is 2.31. The number of hydrogen-bond donors (Lipinski definition) is 2. The molecule has 1 aromatic carbocycles. The van der Waals surface area contributed by atoms with Crippen molar-refractivity contribution >= 4 is 17.5 Å². The molecule has 1 fully saturated rings. The Kier molecular flexibility index (Phi) is 5.92. The molecule has 3 heterocycles. The van der Waals surface area contributed by atoms with E-state index in [0.717, 1.165) is 41.3 Å². The number of fused-ring (bicyclic) bond motifs is 1. The van der Waals surface area contributed by atoms with Gasteiger partial charge in [0.15, 0.2) is 5.82 Å². The van der Waals surface area contributed by atoms with Crippen LogP contribution in [0.15, 0.2) is 24.3 Å². The van der Waals surface area contributed by atoms with Gasteiger partial charge in [-0.1, -0.05) is 0 Å². The average molecular weight is 397 g/mol. The average Bonchev–Trinajstić information content (AvgIpc) is 2.74. The molecule has 2 aliphatic heterocycles. The van der Waals surface area contributed by atoms with Gasteiger partial charge in [0, 0.05) is 36.3 Å². The molecule has 2 aromatic rings. The smallest absolute Gasteiger partial charge is 0.319 e. The van der Waals surface area contributed by atoms with E-state index >= 15 is 0 Å². The van der Waals surface area contributed by atoms with E-state index in [0.29, 0.717) is 38.8 Å². The van der Waals surface area contributed by atoms with E-state index in [1.165, 1.54) is 0 Å². The van der Waals surface area contributed by atoms with Crippen LogP contribution in [-0.2, 0) is 22.5 Å². The molecule has 0 radical (unpaired) electrons. The van der Waals surface area contributed by atoms with Crippen LogP contribution < -0.4 is 15.5 Å². The monoisotopic (exact) mass is 397 g/mol. The SMILES string of the molecule is CCNC(=O)Nc1ccc(-c2nc3c(c(N4CCOCC4C)n2)COCC3)cc1. The van der Waals surface area contributed by atoms with Gasteiger partial charge in [0.1, 0.15) is 5.82 Å². The van der Waals surface area contributed by atoms with E-state index < -0.39 is 0 Å². The van der Waals surface area contributed by atoms with Gasteiger partial charge in [-0.15, -0.1) is 0 Å². The van der Waals surface area contributed by atoms with Gasteiger partial charge in [-0.3, -0.25) is 0 Å². The van der Waals surface area contributed by atoms with Gasteiger partial charge in [0.2, 0.25) is 0 Å². The molecule has 8 heteroatoms. The summed E-state index contributed by atoms with van der Waals surface area (Å²) in [6, 6.07) is 7.65. The summed E-state index contributed by atoms with van der Waals surface area (Å²) >= 11 is 0. The maximum absolute atomic E-state index is 11.7. The summed E-state index contributed by atoms with van der Waals surface area (Å²) in [7, 11) is 0. The minimum Gasteiger partial charge on any atom is -0.377 e. The predicted molar refractivity (Wildman–Crippen MR) is 111 cm³/mol.